The number of Topliss-reactive ketones (excluding diaryl/α,β-unsaturated/α-hetero) is 1. The Kier molecular flexibility index (Phi) is 7.97. The van der Waals surface area contributed by atoms with Crippen LogP contribution < -0.4 is 0 Å². The number of ether oxygens (including phenoxy) is 2. The number of benzene rings is 1. The summed E-state index contributed by atoms with van der Waals surface area (Å²) in [5.41, 5.74) is 1.96. The number of unbranched alkanes of at least 4 members (excludes halogenated alkanes) is 1. The van der Waals surface area contributed by atoms with E-state index in [0.29, 0.717) is 23.7 Å². The van der Waals surface area contributed by atoms with Gasteiger partial charge in [0.2, 0.25) is 0 Å². The molecule has 5 unspecified atom stereocenters. The van der Waals surface area contributed by atoms with Crippen molar-refractivity contribution < 1.29 is 14.3 Å². The summed E-state index contributed by atoms with van der Waals surface area (Å²) in [7, 11) is 1.83. The van der Waals surface area contributed by atoms with Crippen LogP contribution in [0.25, 0.3) is 0 Å². The third-order valence-electron chi connectivity index (χ3n) is 7.38. The zero-order chi connectivity index (χ0) is 21.0. The summed E-state index contributed by atoms with van der Waals surface area (Å²) in [6.45, 7) is 7.58. The third-order valence-corrected chi connectivity index (χ3v) is 7.87. The summed E-state index contributed by atoms with van der Waals surface area (Å²) in [4.78, 5) is 13.2. The van der Waals surface area contributed by atoms with Crippen LogP contribution in [0.1, 0.15) is 81.6 Å². The van der Waals surface area contributed by atoms with Crippen LogP contribution in [-0.4, -0.2) is 31.7 Å². The van der Waals surface area contributed by atoms with Crippen molar-refractivity contribution in [3.8, 4) is 0 Å². The minimum atomic E-state index is -0.190. The Morgan fingerprint density at radius 1 is 1.31 bits per heavy atom. The number of carbonyl (C=O) groups excluding carboxylic acids is 1. The Hall–Kier alpha value is -0.710. The molecule has 0 heterocycles. The molecule has 3 nitrogen and oxygen atoms in total. The van der Waals surface area contributed by atoms with Crippen molar-refractivity contribution in [1.82, 2.24) is 0 Å². The molecule has 1 spiro atoms. The molecule has 0 radical (unpaired) electrons. The maximum atomic E-state index is 13.2. The summed E-state index contributed by atoms with van der Waals surface area (Å²) in [6.07, 6.45) is 8.96. The predicted octanol–water partition coefficient (Wildman–Crippen LogP) is 6.61. The topological polar surface area (TPSA) is 35.5 Å². The highest BCUT2D eigenvalue weighted by Gasteiger charge is 2.49. The predicted molar refractivity (Wildman–Crippen MR) is 121 cm³/mol. The van der Waals surface area contributed by atoms with Crippen LogP contribution in [0.5, 0.6) is 0 Å². The van der Waals surface area contributed by atoms with Crippen LogP contribution in [0.15, 0.2) is 22.7 Å². The number of rotatable bonds is 9. The van der Waals surface area contributed by atoms with Crippen LogP contribution in [0.3, 0.4) is 0 Å². The Morgan fingerprint density at radius 2 is 2.10 bits per heavy atom. The average Bonchev–Trinajstić information content (AvgIpc) is 2.97. The highest BCUT2D eigenvalue weighted by Crippen LogP contribution is 2.49. The first-order valence-electron chi connectivity index (χ1n) is 11.4. The van der Waals surface area contributed by atoms with Gasteiger partial charge in [-0.25, -0.2) is 0 Å². The zero-order valence-electron chi connectivity index (χ0n) is 18.5. The standard InChI is InChI=1S/C25H37BrO3/c1-5-17(2)22(28-4)8-6-7-13-29-23-11-12-25(15-18(23)3)16-19-9-10-20(26)14-21(19)24(25)27/h9-10,14,17-18,22-23H,5-8,11-13,15-16H2,1-4H3. The van der Waals surface area contributed by atoms with Crippen molar-refractivity contribution in [3.63, 3.8) is 0 Å². The van der Waals surface area contributed by atoms with Gasteiger partial charge in [0, 0.05) is 29.2 Å². The molecule has 0 aromatic heterocycles. The van der Waals surface area contributed by atoms with Gasteiger partial charge in [-0.05, 0) is 74.5 Å². The van der Waals surface area contributed by atoms with E-state index in [4.69, 9.17) is 9.47 Å². The molecule has 1 fully saturated rings. The van der Waals surface area contributed by atoms with Gasteiger partial charge in [0.1, 0.15) is 0 Å². The fourth-order valence-electron chi connectivity index (χ4n) is 5.39. The molecule has 0 amide bonds. The van der Waals surface area contributed by atoms with Crippen molar-refractivity contribution >= 4 is 21.7 Å². The highest BCUT2D eigenvalue weighted by molar-refractivity contribution is 9.10. The number of carbonyl (C=O) groups is 1. The molecule has 4 heteroatoms. The molecule has 0 N–H and O–H groups in total. The second-order valence-corrected chi connectivity index (χ2v) is 10.3. The lowest BCUT2D eigenvalue weighted by Gasteiger charge is -2.40. The summed E-state index contributed by atoms with van der Waals surface area (Å²) >= 11 is 3.51. The van der Waals surface area contributed by atoms with Crippen LogP contribution in [-0.2, 0) is 15.9 Å². The van der Waals surface area contributed by atoms with Gasteiger partial charge in [-0.2, -0.15) is 0 Å². The van der Waals surface area contributed by atoms with Gasteiger partial charge < -0.3 is 9.47 Å². The summed E-state index contributed by atoms with van der Waals surface area (Å²) in [5, 5.41) is 0. The quantitative estimate of drug-likeness (QED) is 0.385. The van der Waals surface area contributed by atoms with Crippen molar-refractivity contribution in [2.45, 2.75) is 84.3 Å². The highest BCUT2D eigenvalue weighted by atomic mass is 79.9. The molecule has 162 valence electrons. The molecular formula is C25H37BrO3. The number of ketones is 1. The number of halogens is 1. The van der Waals surface area contributed by atoms with E-state index in [1.807, 2.05) is 13.2 Å². The SMILES string of the molecule is CCC(C)C(CCCCOC1CCC2(Cc3ccc(Br)cc3C2=O)CC1C)OC. The Labute approximate surface area is 185 Å². The van der Waals surface area contributed by atoms with E-state index in [2.05, 4.69) is 48.8 Å². The van der Waals surface area contributed by atoms with E-state index in [9.17, 15) is 4.79 Å². The maximum Gasteiger partial charge on any atom is 0.169 e. The summed E-state index contributed by atoms with van der Waals surface area (Å²) in [6, 6.07) is 6.18. The Morgan fingerprint density at radius 3 is 2.79 bits per heavy atom. The largest absolute Gasteiger partial charge is 0.381 e. The summed E-state index contributed by atoms with van der Waals surface area (Å²) in [5.74, 6) is 1.40. The molecule has 5 atom stereocenters. The van der Waals surface area contributed by atoms with Gasteiger partial charge in [-0.15, -0.1) is 0 Å². The lowest BCUT2D eigenvalue weighted by Crippen LogP contribution is -2.40. The van der Waals surface area contributed by atoms with E-state index < -0.39 is 0 Å². The smallest absolute Gasteiger partial charge is 0.169 e. The molecule has 3 rings (SSSR count). The molecule has 1 saturated carbocycles. The molecule has 1 aromatic rings. The second kappa shape index (κ2) is 10.1. The number of fused-ring (bicyclic) bond motifs is 1. The van der Waals surface area contributed by atoms with Crippen LogP contribution in [0, 0.1) is 17.3 Å². The van der Waals surface area contributed by atoms with Crippen LogP contribution in [0.2, 0.25) is 0 Å². The normalized spacial score (nSPS) is 28.5. The molecular weight excluding hydrogens is 428 g/mol. The third kappa shape index (κ3) is 5.14. The molecule has 0 aliphatic heterocycles. The lowest BCUT2D eigenvalue weighted by molar-refractivity contribution is -0.0344. The Balaban J connectivity index is 1.45. The van der Waals surface area contributed by atoms with Gasteiger partial charge in [-0.1, -0.05) is 49.2 Å². The van der Waals surface area contributed by atoms with Gasteiger partial charge in [-0.3, -0.25) is 4.79 Å². The molecule has 0 saturated heterocycles. The maximum absolute atomic E-state index is 13.2. The molecule has 29 heavy (non-hydrogen) atoms. The fourth-order valence-corrected chi connectivity index (χ4v) is 5.75. The van der Waals surface area contributed by atoms with Crippen molar-refractivity contribution in [2.24, 2.45) is 17.3 Å². The molecule has 0 bridgehead atoms. The molecule has 2 aliphatic carbocycles. The summed E-state index contributed by atoms with van der Waals surface area (Å²) < 4.78 is 12.9. The van der Waals surface area contributed by atoms with E-state index >= 15 is 0 Å². The number of hydrogen-bond donors (Lipinski definition) is 0. The van der Waals surface area contributed by atoms with Gasteiger partial charge >= 0.3 is 0 Å². The second-order valence-electron chi connectivity index (χ2n) is 9.37. The zero-order valence-corrected chi connectivity index (χ0v) is 20.1. The first kappa shape index (κ1) is 23.0. The van der Waals surface area contributed by atoms with Crippen molar-refractivity contribution in [3.05, 3.63) is 33.8 Å². The fraction of sp³-hybridized carbons (Fsp3) is 0.720. The minimum Gasteiger partial charge on any atom is -0.381 e. The minimum absolute atomic E-state index is 0.190. The lowest BCUT2D eigenvalue weighted by atomic mass is 9.66. The number of methoxy groups -OCH3 is 1. The van der Waals surface area contributed by atoms with Gasteiger partial charge in [0.15, 0.2) is 5.78 Å². The van der Waals surface area contributed by atoms with E-state index in [-0.39, 0.29) is 11.5 Å². The molecule has 1 aromatic carbocycles. The first-order chi connectivity index (χ1) is 13.9. The van der Waals surface area contributed by atoms with Gasteiger partial charge in [0.05, 0.1) is 12.2 Å². The van der Waals surface area contributed by atoms with Crippen molar-refractivity contribution in [2.75, 3.05) is 13.7 Å². The van der Waals surface area contributed by atoms with Crippen LogP contribution in [0.4, 0.5) is 0 Å². The van der Waals surface area contributed by atoms with Crippen molar-refractivity contribution in [1.29, 1.82) is 0 Å². The Bertz CT molecular complexity index is 703. The first-order valence-corrected chi connectivity index (χ1v) is 12.2. The van der Waals surface area contributed by atoms with Gasteiger partial charge in [0.25, 0.3) is 0 Å². The van der Waals surface area contributed by atoms with E-state index in [1.54, 1.807) is 0 Å². The van der Waals surface area contributed by atoms with E-state index in [1.165, 1.54) is 5.56 Å². The van der Waals surface area contributed by atoms with Crippen LogP contribution >= 0.6 is 15.9 Å². The van der Waals surface area contributed by atoms with E-state index in [0.717, 1.165) is 68.0 Å². The average molecular weight is 465 g/mol. The monoisotopic (exact) mass is 464 g/mol. The molecule has 2 aliphatic rings. The number of hydrogen-bond acceptors (Lipinski definition) is 3.